The van der Waals surface area contributed by atoms with Gasteiger partial charge in [-0.05, 0) is 24.3 Å². The summed E-state index contributed by atoms with van der Waals surface area (Å²) in [5.74, 6) is 0.307. The van der Waals surface area contributed by atoms with E-state index in [1.807, 2.05) is 24.3 Å². The van der Waals surface area contributed by atoms with Crippen LogP contribution in [0.1, 0.15) is 5.56 Å². The van der Waals surface area contributed by atoms with E-state index in [1.165, 1.54) is 11.9 Å². The third-order valence-electron chi connectivity index (χ3n) is 1.60. The number of hydrogen-bond donors (Lipinski definition) is 1. The van der Waals surface area contributed by atoms with Gasteiger partial charge in [-0.3, -0.25) is 0 Å². The number of nitrogens with zero attached hydrogens (tertiary/aromatic N) is 1. The molecule has 0 bridgehead atoms. The fraction of sp³-hybridized carbons (Fsp3) is 0. The van der Waals surface area contributed by atoms with Crippen LogP contribution in [0.4, 0.5) is 0 Å². The number of aromatic hydroxyl groups is 1. The van der Waals surface area contributed by atoms with Gasteiger partial charge in [0.15, 0.2) is 0 Å². The van der Waals surface area contributed by atoms with Crippen molar-refractivity contribution in [3.05, 3.63) is 29.8 Å². The molecule has 13 heavy (non-hydrogen) atoms. The molecule has 0 amide bonds. The molecule has 68 valence electrons. The molecular weight excluding hydrogens is 206 g/mol. The molecule has 4 heteroatoms. The summed E-state index contributed by atoms with van der Waals surface area (Å²) in [6.45, 7) is 0. The van der Waals surface area contributed by atoms with Crippen LogP contribution in [0.5, 0.6) is 5.75 Å². The Morgan fingerprint density at radius 2 is 2.15 bits per heavy atom. The smallest absolute Gasteiger partial charge is 0.123 e. The van der Waals surface area contributed by atoms with Crippen molar-refractivity contribution in [1.29, 1.82) is 0 Å². The maximum atomic E-state index is 9.46. The van der Waals surface area contributed by atoms with E-state index in [0.29, 0.717) is 5.75 Å². The molecule has 0 unspecified atom stereocenters. The van der Waals surface area contributed by atoms with Gasteiger partial charge >= 0.3 is 0 Å². The second-order valence-electron chi connectivity index (χ2n) is 2.39. The highest BCUT2D eigenvalue weighted by Crippen LogP contribution is 2.32. The minimum atomic E-state index is 0. The molecule has 1 aromatic rings. The second kappa shape index (κ2) is 4.35. The molecule has 1 aromatic carbocycles. The molecule has 1 aliphatic rings. The lowest BCUT2D eigenvalue weighted by atomic mass is 10.2. The van der Waals surface area contributed by atoms with Gasteiger partial charge in [-0.15, -0.1) is 12.4 Å². The highest BCUT2D eigenvalue weighted by Gasteiger charge is 2.05. The highest BCUT2D eigenvalue weighted by atomic mass is 35.5. The Bertz CT molecular complexity index is 363. The number of halogens is 1. The van der Waals surface area contributed by atoms with E-state index < -0.39 is 0 Å². The average molecular weight is 214 g/mol. The van der Waals surface area contributed by atoms with Crippen molar-refractivity contribution in [2.45, 2.75) is 4.90 Å². The Hall–Kier alpha value is -0.930. The van der Waals surface area contributed by atoms with Gasteiger partial charge < -0.3 is 5.11 Å². The van der Waals surface area contributed by atoms with Crippen molar-refractivity contribution in [2.75, 3.05) is 0 Å². The molecule has 0 fully saturated rings. The lowest BCUT2D eigenvalue weighted by Crippen LogP contribution is -1.77. The van der Waals surface area contributed by atoms with Crippen LogP contribution in [0.15, 0.2) is 33.6 Å². The Labute approximate surface area is 86.9 Å². The predicted octanol–water partition coefficient (Wildman–Crippen LogP) is 2.92. The fourth-order valence-electron chi connectivity index (χ4n) is 1.04. The van der Waals surface area contributed by atoms with Crippen LogP contribution >= 0.6 is 24.4 Å². The largest absolute Gasteiger partial charge is 0.507 e. The van der Waals surface area contributed by atoms with Gasteiger partial charge in [-0.2, -0.15) is 0 Å². The van der Waals surface area contributed by atoms with Gasteiger partial charge in [0.2, 0.25) is 0 Å². The summed E-state index contributed by atoms with van der Waals surface area (Å²) in [7, 11) is 0. The molecule has 1 aliphatic heterocycles. The molecule has 2 nitrogen and oxygen atoms in total. The molecule has 0 saturated heterocycles. The van der Waals surface area contributed by atoms with Crippen LogP contribution in [0.3, 0.4) is 0 Å². The van der Waals surface area contributed by atoms with Gasteiger partial charge in [0, 0.05) is 28.6 Å². The monoisotopic (exact) mass is 213 g/mol. The fourth-order valence-corrected chi connectivity index (χ4v) is 1.70. The number of phenolic OH excluding ortho intramolecular Hbond substituents is 1. The molecule has 0 spiro atoms. The normalized spacial score (nSPS) is 12.9. The summed E-state index contributed by atoms with van der Waals surface area (Å²) in [5, 5.41) is 9.46. The molecule has 1 heterocycles. The first-order chi connectivity index (χ1) is 5.88. The summed E-state index contributed by atoms with van der Waals surface area (Å²) in [6, 6.07) is 5.43. The number of phenols is 1. The quantitative estimate of drug-likeness (QED) is 0.673. The minimum absolute atomic E-state index is 0. The third-order valence-corrected chi connectivity index (χ3v) is 2.38. The number of allylic oxidation sites excluding steroid dienone is 1. The van der Waals surface area contributed by atoms with Crippen LogP contribution in [0, 0.1) is 0 Å². The molecule has 0 radical (unpaired) electrons. The summed E-state index contributed by atoms with van der Waals surface area (Å²) >= 11 is 1.37. The standard InChI is InChI=1S/C9H7NOS.ClH/c11-8-4-1-5-9-7(8)3-2-6-10-12-9;/h1-6,11H;1H. The van der Waals surface area contributed by atoms with E-state index in [1.54, 1.807) is 12.3 Å². The first-order valence-corrected chi connectivity index (χ1v) is 4.34. The Morgan fingerprint density at radius 3 is 3.00 bits per heavy atom. The SMILES string of the molecule is Cl.Oc1cccc2c1C=CC=NS2. The first-order valence-electron chi connectivity index (χ1n) is 3.57. The Morgan fingerprint density at radius 1 is 1.31 bits per heavy atom. The van der Waals surface area contributed by atoms with E-state index >= 15 is 0 Å². The van der Waals surface area contributed by atoms with Crippen molar-refractivity contribution < 1.29 is 5.11 Å². The van der Waals surface area contributed by atoms with Gasteiger partial charge in [0.1, 0.15) is 5.75 Å². The van der Waals surface area contributed by atoms with Crippen molar-refractivity contribution in [2.24, 2.45) is 4.40 Å². The molecule has 2 rings (SSSR count). The first kappa shape index (κ1) is 10.2. The number of hydrogen-bond acceptors (Lipinski definition) is 3. The summed E-state index contributed by atoms with van der Waals surface area (Å²) in [4.78, 5) is 0.986. The molecular formula is C9H8ClNOS. The molecule has 1 N–H and O–H groups in total. The summed E-state index contributed by atoms with van der Waals surface area (Å²) < 4.78 is 4.05. The van der Waals surface area contributed by atoms with Gasteiger partial charge in [0.25, 0.3) is 0 Å². The van der Waals surface area contributed by atoms with Crippen LogP contribution in [-0.4, -0.2) is 11.3 Å². The van der Waals surface area contributed by atoms with Gasteiger partial charge in [-0.1, -0.05) is 6.07 Å². The van der Waals surface area contributed by atoms with Crippen LogP contribution in [0.2, 0.25) is 0 Å². The van der Waals surface area contributed by atoms with E-state index in [2.05, 4.69) is 4.40 Å². The molecule has 0 aliphatic carbocycles. The van der Waals surface area contributed by atoms with Crippen LogP contribution in [-0.2, 0) is 0 Å². The van der Waals surface area contributed by atoms with E-state index in [9.17, 15) is 5.11 Å². The number of rotatable bonds is 0. The van der Waals surface area contributed by atoms with Crippen LogP contribution in [0.25, 0.3) is 6.08 Å². The zero-order chi connectivity index (χ0) is 8.39. The maximum absolute atomic E-state index is 9.46. The van der Waals surface area contributed by atoms with E-state index in [0.717, 1.165) is 10.5 Å². The van der Waals surface area contributed by atoms with Gasteiger partial charge in [0.05, 0.1) is 0 Å². The van der Waals surface area contributed by atoms with Crippen molar-refractivity contribution in [3.8, 4) is 5.75 Å². The summed E-state index contributed by atoms with van der Waals surface area (Å²) in [5.41, 5.74) is 0.847. The van der Waals surface area contributed by atoms with Crippen molar-refractivity contribution >= 4 is 36.6 Å². The van der Waals surface area contributed by atoms with Crippen molar-refractivity contribution in [3.63, 3.8) is 0 Å². The topological polar surface area (TPSA) is 32.6 Å². The Balaban J connectivity index is 0.000000845. The lowest BCUT2D eigenvalue weighted by molar-refractivity contribution is 0.472. The minimum Gasteiger partial charge on any atom is -0.507 e. The maximum Gasteiger partial charge on any atom is 0.123 e. The molecule has 0 aromatic heterocycles. The second-order valence-corrected chi connectivity index (χ2v) is 3.23. The third kappa shape index (κ3) is 2.05. The van der Waals surface area contributed by atoms with E-state index in [-0.39, 0.29) is 12.4 Å². The van der Waals surface area contributed by atoms with E-state index in [4.69, 9.17) is 0 Å². The number of fused-ring (bicyclic) bond motifs is 1. The predicted molar refractivity (Wildman–Crippen MR) is 58.7 cm³/mol. The number of benzene rings is 1. The Kier molecular flexibility index (Phi) is 3.39. The molecule has 0 saturated carbocycles. The average Bonchev–Trinajstić information content (AvgIpc) is 2.30. The molecule has 0 atom stereocenters. The summed E-state index contributed by atoms with van der Waals surface area (Å²) in [6.07, 6.45) is 5.39. The van der Waals surface area contributed by atoms with Gasteiger partial charge in [-0.25, -0.2) is 4.40 Å². The van der Waals surface area contributed by atoms with Crippen LogP contribution < -0.4 is 0 Å². The van der Waals surface area contributed by atoms with Crippen molar-refractivity contribution in [1.82, 2.24) is 0 Å². The highest BCUT2D eigenvalue weighted by molar-refractivity contribution is 7.98. The lowest BCUT2D eigenvalue weighted by Gasteiger charge is -2.01. The zero-order valence-electron chi connectivity index (χ0n) is 6.68. The zero-order valence-corrected chi connectivity index (χ0v) is 8.31.